The lowest BCUT2D eigenvalue weighted by molar-refractivity contribution is 0.0280. The molecule has 2 amide bonds. The van der Waals surface area contributed by atoms with Crippen molar-refractivity contribution in [3.63, 3.8) is 0 Å². The van der Waals surface area contributed by atoms with Crippen LogP contribution in [-0.4, -0.2) is 42.2 Å². The van der Waals surface area contributed by atoms with Gasteiger partial charge in [-0.1, -0.05) is 48.9 Å². The summed E-state index contributed by atoms with van der Waals surface area (Å²) < 4.78 is 5.62. The fraction of sp³-hybridized carbons (Fsp3) is 0.480. The zero-order valence-corrected chi connectivity index (χ0v) is 17.8. The molecule has 0 unspecified atom stereocenters. The molecule has 0 radical (unpaired) electrons. The van der Waals surface area contributed by atoms with E-state index in [2.05, 4.69) is 45.9 Å². The molecule has 2 aromatic carbocycles. The highest BCUT2D eigenvalue weighted by molar-refractivity contribution is 5.91. The van der Waals surface area contributed by atoms with Crippen LogP contribution in [0.2, 0.25) is 0 Å². The molecule has 30 heavy (non-hydrogen) atoms. The molecule has 4 rings (SSSR count). The first-order chi connectivity index (χ1) is 14.7. The van der Waals surface area contributed by atoms with E-state index in [4.69, 9.17) is 4.74 Å². The number of urea groups is 1. The molecule has 0 aromatic heterocycles. The lowest BCUT2D eigenvalue weighted by Crippen LogP contribution is -2.57. The van der Waals surface area contributed by atoms with Crippen LogP contribution in [-0.2, 0) is 6.42 Å². The van der Waals surface area contributed by atoms with Crippen molar-refractivity contribution in [2.24, 2.45) is 0 Å². The standard InChI is InChI=1S/C25H33N3O2/c1-2-30-24-14-7-6-13-23(24)27-25(29)26-20-17-21-11-8-12-22(18-20)28(21)16-15-19-9-4-3-5-10-19/h3-7,9-10,13-14,20-22H,2,8,11-12,15-18H2,1H3,(H2,26,27,29)/t21-,22-/m1/s1. The summed E-state index contributed by atoms with van der Waals surface area (Å²) in [6.45, 7) is 3.63. The van der Waals surface area contributed by atoms with E-state index in [-0.39, 0.29) is 12.1 Å². The number of rotatable bonds is 7. The fourth-order valence-corrected chi connectivity index (χ4v) is 5.06. The smallest absolute Gasteiger partial charge is 0.319 e. The summed E-state index contributed by atoms with van der Waals surface area (Å²) in [6, 6.07) is 19.6. The molecule has 0 aliphatic carbocycles. The number of amides is 2. The number of fused-ring (bicyclic) bond motifs is 2. The number of carbonyl (C=O) groups is 1. The van der Waals surface area contributed by atoms with E-state index in [0.717, 1.165) is 31.5 Å². The molecule has 2 aromatic rings. The van der Waals surface area contributed by atoms with Gasteiger partial charge in [0.25, 0.3) is 0 Å². The van der Waals surface area contributed by atoms with Gasteiger partial charge in [0, 0.05) is 24.7 Å². The second kappa shape index (κ2) is 9.98. The van der Waals surface area contributed by atoms with Crippen LogP contribution in [0.3, 0.4) is 0 Å². The van der Waals surface area contributed by atoms with Gasteiger partial charge in [0.15, 0.2) is 0 Å². The Bertz CT molecular complexity index is 812. The highest BCUT2D eigenvalue weighted by Gasteiger charge is 2.38. The predicted molar refractivity (Wildman–Crippen MR) is 121 cm³/mol. The summed E-state index contributed by atoms with van der Waals surface area (Å²) in [5, 5.41) is 6.20. The summed E-state index contributed by atoms with van der Waals surface area (Å²) in [5.74, 6) is 0.711. The average molecular weight is 408 g/mol. The maximum absolute atomic E-state index is 12.7. The average Bonchev–Trinajstić information content (AvgIpc) is 2.74. The number of hydrogen-bond acceptors (Lipinski definition) is 3. The number of benzene rings is 2. The molecular formula is C25H33N3O2. The fourth-order valence-electron chi connectivity index (χ4n) is 5.06. The minimum atomic E-state index is -0.136. The van der Waals surface area contributed by atoms with Crippen molar-refractivity contribution in [3.8, 4) is 5.75 Å². The molecular weight excluding hydrogens is 374 g/mol. The normalized spacial score (nSPS) is 23.6. The molecule has 2 bridgehead atoms. The minimum absolute atomic E-state index is 0.136. The van der Waals surface area contributed by atoms with Crippen molar-refractivity contribution < 1.29 is 9.53 Å². The van der Waals surface area contributed by atoms with Gasteiger partial charge in [0.1, 0.15) is 5.75 Å². The SMILES string of the molecule is CCOc1ccccc1NC(=O)NC1C[C@H]2CCC[C@H](C1)N2CCc1ccccc1. The molecule has 2 aliphatic heterocycles. The van der Waals surface area contributed by atoms with Crippen molar-refractivity contribution in [3.05, 3.63) is 60.2 Å². The number of hydrogen-bond donors (Lipinski definition) is 2. The molecule has 2 heterocycles. The van der Waals surface area contributed by atoms with E-state index in [0.29, 0.717) is 24.4 Å². The van der Waals surface area contributed by atoms with Crippen LogP contribution in [0.4, 0.5) is 10.5 Å². The van der Waals surface area contributed by atoms with Gasteiger partial charge in [0.05, 0.1) is 12.3 Å². The zero-order valence-electron chi connectivity index (χ0n) is 17.8. The number of para-hydroxylation sites is 2. The van der Waals surface area contributed by atoms with E-state index < -0.39 is 0 Å². The van der Waals surface area contributed by atoms with Crippen LogP contribution in [0, 0.1) is 0 Å². The number of nitrogens with zero attached hydrogens (tertiary/aromatic N) is 1. The lowest BCUT2D eigenvalue weighted by atomic mass is 9.81. The van der Waals surface area contributed by atoms with Crippen molar-refractivity contribution in [1.29, 1.82) is 0 Å². The Morgan fingerprint density at radius 3 is 2.47 bits per heavy atom. The van der Waals surface area contributed by atoms with Crippen LogP contribution in [0.25, 0.3) is 0 Å². The molecule has 2 fully saturated rings. The zero-order chi connectivity index (χ0) is 20.8. The Morgan fingerprint density at radius 2 is 1.73 bits per heavy atom. The minimum Gasteiger partial charge on any atom is -0.492 e. The first kappa shape index (κ1) is 20.7. The van der Waals surface area contributed by atoms with Gasteiger partial charge in [-0.15, -0.1) is 0 Å². The van der Waals surface area contributed by atoms with Crippen LogP contribution < -0.4 is 15.4 Å². The summed E-state index contributed by atoms with van der Waals surface area (Å²) in [6.07, 6.45) is 6.94. The molecule has 2 saturated heterocycles. The Balaban J connectivity index is 1.32. The Hall–Kier alpha value is -2.53. The molecule has 5 heteroatoms. The van der Waals surface area contributed by atoms with Crippen LogP contribution in [0.1, 0.15) is 44.6 Å². The van der Waals surface area contributed by atoms with E-state index >= 15 is 0 Å². The van der Waals surface area contributed by atoms with Crippen LogP contribution in [0.15, 0.2) is 54.6 Å². The molecule has 5 nitrogen and oxygen atoms in total. The lowest BCUT2D eigenvalue weighted by Gasteiger charge is -2.49. The van der Waals surface area contributed by atoms with Gasteiger partial charge in [0.2, 0.25) is 0 Å². The molecule has 0 spiro atoms. The third kappa shape index (κ3) is 5.14. The Kier molecular flexibility index (Phi) is 6.90. The third-order valence-corrected chi connectivity index (χ3v) is 6.40. The van der Waals surface area contributed by atoms with Crippen molar-refractivity contribution in [1.82, 2.24) is 10.2 Å². The van der Waals surface area contributed by atoms with E-state index in [1.54, 1.807) is 0 Å². The molecule has 2 aliphatic rings. The maximum atomic E-state index is 12.7. The number of anilines is 1. The summed E-state index contributed by atoms with van der Waals surface area (Å²) in [7, 11) is 0. The highest BCUT2D eigenvalue weighted by atomic mass is 16.5. The first-order valence-electron chi connectivity index (χ1n) is 11.3. The molecule has 0 saturated carbocycles. The van der Waals surface area contributed by atoms with Crippen LogP contribution >= 0.6 is 0 Å². The molecule has 2 N–H and O–H groups in total. The van der Waals surface area contributed by atoms with E-state index in [1.807, 2.05) is 31.2 Å². The molecule has 160 valence electrons. The van der Waals surface area contributed by atoms with Crippen LogP contribution in [0.5, 0.6) is 5.75 Å². The first-order valence-corrected chi connectivity index (χ1v) is 11.3. The van der Waals surface area contributed by atoms with Crippen molar-refractivity contribution in [2.75, 3.05) is 18.5 Å². The summed E-state index contributed by atoms with van der Waals surface area (Å²) in [4.78, 5) is 15.4. The topological polar surface area (TPSA) is 53.6 Å². The van der Waals surface area contributed by atoms with Crippen molar-refractivity contribution in [2.45, 2.75) is 63.6 Å². The summed E-state index contributed by atoms with van der Waals surface area (Å²) >= 11 is 0. The van der Waals surface area contributed by atoms with Gasteiger partial charge in [-0.3, -0.25) is 4.90 Å². The number of ether oxygens (including phenoxy) is 1. The van der Waals surface area contributed by atoms with Crippen molar-refractivity contribution >= 4 is 11.7 Å². The van der Waals surface area contributed by atoms with Gasteiger partial charge >= 0.3 is 6.03 Å². The monoisotopic (exact) mass is 407 g/mol. The number of carbonyl (C=O) groups excluding carboxylic acids is 1. The number of nitrogens with one attached hydrogen (secondary N) is 2. The summed E-state index contributed by atoms with van der Waals surface area (Å²) in [5.41, 5.74) is 2.13. The highest BCUT2D eigenvalue weighted by Crippen LogP contribution is 2.34. The van der Waals surface area contributed by atoms with Gasteiger partial charge < -0.3 is 15.4 Å². The van der Waals surface area contributed by atoms with Gasteiger partial charge in [-0.25, -0.2) is 4.79 Å². The van der Waals surface area contributed by atoms with E-state index in [9.17, 15) is 4.79 Å². The van der Waals surface area contributed by atoms with E-state index in [1.165, 1.54) is 24.8 Å². The van der Waals surface area contributed by atoms with Gasteiger partial charge in [-0.2, -0.15) is 0 Å². The maximum Gasteiger partial charge on any atom is 0.319 e. The largest absolute Gasteiger partial charge is 0.492 e. The quantitative estimate of drug-likeness (QED) is 0.691. The third-order valence-electron chi connectivity index (χ3n) is 6.40. The Morgan fingerprint density at radius 1 is 1.03 bits per heavy atom. The van der Waals surface area contributed by atoms with Gasteiger partial charge in [-0.05, 0) is 56.7 Å². The number of piperidine rings is 2. The Labute approximate surface area is 179 Å². The molecule has 2 atom stereocenters. The predicted octanol–water partition coefficient (Wildman–Crippen LogP) is 4.84. The second-order valence-electron chi connectivity index (χ2n) is 8.41. The second-order valence-corrected chi connectivity index (χ2v) is 8.41.